The second-order valence-corrected chi connectivity index (χ2v) is 5.05. The lowest BCUT2D eigenvalue weighted by atomic mass is 10.2. The highest BCUT2D eigenvalue weighted by Crippen LogP contribution is 2.14. The standard InChI is InChI=1S/C14H16N4OS/c1-9-7-16-18(8-9)10(2)14(19)17-12-5-3-4-11(6-12)13(15)20/h3-8,10H,1-2H3,(H2,15,20)(H,17,19). The number of nitrogens with zero attached hydrogens (tertiary/aromatic N) is 2. The first-order chi connectivity index (χ1) is 9.47. The van der Waals surface area contributed by atoms with E-state index in [9.17, 15) is 4.79 Å². The summed E-state index contributed by atoms with van der Waals surface area (Å²) in [4.78, 5) is 12.5. The molecule has 0 aliphatic heterocycles. The van der Waals surface area contributed by atoms with Gasteiger partial charge >= 0.3 is 0 Å². The lowest BCUT2D eigenvalue weighted by Gasteiger charge is -2.13. The fraction of sp³-hybridized carbons (Fsp3) is 0.214. The van der Waals surface area contributed by atoms with Crippen LogP contribution in [0.25, 0.3) is 0 Å². The van der Waals surface area contributed by atoms with Gasteiger partial charge in [0.15, 0.2) is 0 Å². The van der Waals surface area contributed by atoms with Gasteiger partial charge in [0.05, 0.1) is 6.20 Å². The SMILES string of the molecule is Cc1cnn(C(C)C(=O)Nc2cccc(C(N)=S)c2)c1. The van der Waals surface area contributed by atoms with Crippen LogP contribution >= 0.6 is 12.2 Å². The number of hydrogen-bond donors (Lipinski definition) is 2. The Bertz CT molecular complexity index is 650. The molecule has 6 heteroatoms. The number of rotatable bonds is 4. The van der Waals surface area contributed by atoms with E-state index in [-0.39, 0.29) is 5.91 Å². The van der Waals surface area contributed by atoms with Crippen LogP contribution in [0.15, 0.2) is 36.7 Å². The van der Waals surface area contributed by atoms with Crippen LogP contribution in [0, 0.1) is 6.92 Å². The lowest BCUT2D eigenvalue weighted by Crippen LogP contribution is -2.24. The van der Waals surface area contributed by atoms with Crippen molar-refractivity contribution >= 4 is 28.8 Å². The normalized spacial score (nSPS) is 11.9. The fourth-order valence-corrected chi connectivity index (χ4v) is 1.89. The van der Waals surface area contributed by atoms with Gasteiger partial charge < -0.3 is 11.1 Å². The Kier molecular flexibility index (Phi) is 4.14. The number of benzene rings is 1. The third-order valence-electron chi connectivity index (χ3n) is 2.92. The van der Waals surface area contributed by atoms with Crippen molar-refractivity contribution < 1.29 is 4.79 Å². The van der Waals surface area contributed by atoms with Gasteiger partial charge in [0, 0.05) is 17.4 Å². The Labute approximate surface area is 122 Å². The van der Waals surface area contributed by atoms with Crippen LogP contribution in [0.1, 0.15) is 24.1 Å². The maximum Gasteiger partial charge on any atom is 0.248 e. The molecule has 0 saturated carbocycles. The first-order valence-corrected chi connectivity index (χ1v) is 6.59. The van der Waals surface area contributed by atoms with Crippen LogP contribution in [-0.4, -0.2) is 20.7 Å². The third kappa shape index (κ3) is 3.21. The van der Waals surface area contributed by atoms with Crippen molar-refractivity contribution in [2.75, 3.05) is 5.32 Å². The maximum absolute atomic E-state index is 12.2. The van der Waals surface area contributed by atoms with E-state index >= 15 is 0 Å². The van der Waals surface area contributed by atoms with Gasteiger partial charge in [0.1, 0.15) is 11.0 Å². The van der Waals surface area contributed by atoms with Crippen molar-refractivity contribution in [2.45, 2.75) is 19.9 Å². The van der Waals surface area contributed by atoms with Crippen molar-refractivity contribution in [3.05, 3.63) is 47.8 Å². The zero-order valence-corrected chi connectivity index (χ0v) is 12.1. The molecule has 0 saturated heterocycles. The van der Waals surface area contributed by atoms with Gasteiger partial charge in [-0.2, -0.15) is 5.10 Å². The number of carbonyl (C=O) groups is 1. The predicted octanol–water partition coefficient (Wildman–Crippen LogP) is 2.03. The molecule has 2 aromatic rings. The number of anilines is 1. The Balaban J connectivity index is 2.11. The Morgan fingerprint density at radius 1 is 1.50 bits per heavy atom. The monoisotopic (exact) mass is 288 g/mol. The van der Waals surface area contributed by atoms with Crippen molar-refractivity contribution in [1.82, 2.24) is 9.78 Å². The summed E-state index contributed by atoms with van der Waals surface area (Å²) in [5, 5.41) is 6.97. The molecular weight excluding hydrogens is 272 g/mol. The molecule has 1 aromatic heterocycles. The van der Waals surface area contributed by atoms with Gasteiger partial charge in [-0.1, -0.05) is 24.4 Å². The zero-order valence-electron chi connectivity index (χ0n) is 11.3. The number of nitrogens with two attached hydrogens (primary N) is 1. The van der Waals surface area contributed by atoms with E-state index in [0.29, 0.717) is 10.7 Å². The summed E-state index contributed by atoms with van der Waals surface area (Å²) < 4.78 is 1.63. The molecule has 1 unspecified atom stereocenters. The van der Waals surface area contributed by atoms with E-state index in [1.807, 2.05) is 13.1 Å². The van der Waals surface area contributed by atoms with Crippen molar-refractivity contribution in [1.29, 1.82) is 0 Å². The third-order valence-corrected chi connectivity index (χ3v) is 3.16. The molecule has 1 atom stereocenters. The number of carbonyl (C=O) groups excluding carboxylic acids is 1. The summed E-state index contributed by atoms with van der Waals surface area (Å²) in [6, 6.07) is 6.75. The molecule has 20 heavy (non-hydrogen) atoms. The first-order valence-electron chi connectivity index (χ1n) is 6.19. The molecule has 0 aliphatic rings. The quantitative estimate of drug-likeness (QED) is 0.844. The Morgan fingerprint density at radius 3 is 2.85 bits per heavy atom. The molecule has 5 nitrogen and oxygen atoms in total. The number of amides is 1. The summed E-state index contributed by atoms with van der Waals surface area (Å²) >= 11 is 4.92. The fourth-order valence-electron chi connectivity index (χ4n) is 1.76. The second kappa shape index (κ2) is 5.83. The van der Waals surface area contributed by atoms with Gasteiger partial charge in [0.2, 0.25) is 5.91 Å². The van der Waals surface area contributed by atoms with Gasteiger partial charge in [-0.3, -0.25) is 9.48 Å². The number of thiocarbonyl (C=S) groups is 1. The van der Waals surface area contributed by atoms with Crippen molar-refractivity contribution in [2.24, 2.45) is 5.73 Å². The van der Waals surface area contributed by atoms with Crippen LogP contribution in [0.3, 0.4) is 0 Å². The smallest absolute Gasteiger partial charge is 0.248 e. The first kappa shape index (κ1) is 14.2. The summed E-state index contributed by atoms with van der Waals surface area (Å²) in [6.07, 6.45) is 3.55. The highest BCUT2D eigenvalue weighted by atomic mass is 32.1. The summed E-state index contributed by atoms with van der Waals surface area (Å²) in [5.41, 5.74) is 7.97. The van der Waals surface area contributed by atoms with Gasteiger partial charge in [-0.05, 0) is 31.5 Å². The number of nitrogens with one attached hydrogen (secondary N) is 1. The molecule has 0 spiro atoms. The van der Waals surface area contributed by atoms with Gasteiger partial charge in [-0.25, -0.2) is 0 Å². The van der Waals surface area contributed by atoms with E-state index in [1.165, 1.54) is 0 Å². The van der Waals surface area contributed by atoms with E-state index in [2.05, 4.69) is 10.4 Å². The Hall–Kier alpha value is -2.21. The average Bonchev–Trinajstić information content (AvgIpc) is 2.84. The molecule has 1 amide bonds. The highest BCUT2D eigenvalue weighted by Gasteiger charge is 2.15. The molecule has 0 aliphatic carbocycles. The zero-order chi connectivity index (χ0) is 14.7. The predicted molar refractivity (Wildman–Crippen MR) is 82.6 cm³/mol. The Morgan fingerprint density at radius 2 is 2.25 bits per heavy atom. The molecule has 0 bridgehead atoms. The highest BCUT2D eigenvalue weighted by molar-refractivity contribution is 7.80. The van der Waals surface area contributed by atoms with Gasteiger partial charge in [0.25, 0.3) is 0 Å². The maximum atomic E-state index is 12.2. The molecule has 104 valence electrons. The van der Waals surface area contributed by atoms with E-state index < -0.39 is 6.04 Å². The minimum atomic E-state index is -0.391. The minimum absolute atomic E-state index is 0.145. The van der Waals surface area contributed by atoms with Crippen molar-refractivity contribution in [3.8, 4) is 0 Å². The second-order valence-electron chi connectivity index (χ2n) is 4.61. The summed E-state index contributed by atoms with van der Waals surface area (Å²) in [5.74, 6) is -0.145. The molecule has 0 radical (unpaired) electrons. The largest absolute Gasteiger partial charge is 0.389 e. The molecule has 1 heterocycles. The molecule has 2 rings (SSSR count). The van der Waals surface area contributed by atoms with Crippen LogP contribution in [0.2, 0.25) is 0 Å². The van der Waals surface area contributed by atoms with E-state index in [1.54, 1.807) is 42.1 Å². The number of hydrogen-bond acceptors (Lipinski definition) is 3. The van der Waals surface area contributed by atoms with E-state index in [0.717, 1.165) is 11.1 Å². The molecular formula is C14H16N4OS. The molecule has 1 aromatic carbocycles. The van der Waals surface area contributed by atoms with E-state index in [4.69, 9.17) is 18.0 Å². The van der Waals surface area contributed by atoms with Crippen molar-refractivity contribution in [3.63, 3.8) is 0 Å². The minimum Gasteiger partial charge on any atom is -0.389 e. The van der Waals surface area contributed by atoms with Crippen LogP contribution < -0.4 is 11.1 Å². The summed E-state index contributed by atoms with van der Waals surface area (Å²) in [6.45, 7) is 3.72. The van der Waals surface area contributed by atoms with Crippen LogP contribution in [-0.2, 0) is 4.79 Å². The molecule has 3 N–H and O–H groups in total. The lowest BCUT2D eigenvalue weighted by molar-refractivity contribution is -0.119. The number of aryl methyl sites for hydroxylation is 1. The van der Waals surface area contributed by atoms with Crippen LogP contribution in [0.4, 0.5) is 5.69 Å². The summed E-state index contributed by atoms with van der Waals surface area (Å²) in [7, 11) is 0. The topological polar surface area (TPSA) is 72.9 Å². The average molecular weight is 288 g/mol. The molecule has 0 fully saturated rings. The number of aromatic nitrogens is 2. The van der Waals surface area contributed by atoms with Gasteiger partial charge in [-0.15, -0.1) is 0 Å². The van der Waals surface area contributed by atoms with Crippen LogP contribution in [0.5, 0.6) is 0 Å².